The predicted molar refractivity (Wildman–Crippen MR) is 82.0 cm³/mol. The maximum Gasteiger partial charge on any atom is 0.296 e. The van der Waals surface area contributed by atoms with Crippen molar-refractivity contribution in [3.63, 3.8) is 0 Å². The predicted octanol–water partition coefficient (Wildman–Crippen LogP) is 4.27. The van der Waals surface area contributed by atoms with E-state index in [2.05, 4.69) is 6.92 Å². The average molecular weight is 297 g/mol. The number of unbranched alkanes of at least 4 members (excludes halogenated alkanes) is 6. The first-order valence-electron chi connectivity index (χ1n) is 7.31. The van der Waals surface area contributed by atoms with Crippen LogP contribution in [0.3, 0.4) is 0 Å². The number of rotatable bonds is 10. The molecule has 1 aromatic carbocycles. The van der Waals surface area contributed by atoms with E-state index in [0.717, 1.165) is 31.2 Å². The van der Waals surface area contributed by atoms with E-state index in [9.17, 15) is 8.42 Å². The Kier molecular flexibility index (Phi) is 7.85. The van der Waals surface area contributed by atoms with Crippen molar-refractivity contribution in [2.24, 2.45) is 0 Å². The van der Waals surface area contributed by atoms with Gasteiger partial charge in [0.25, 0.3) is 10.1 Å². The summed E-state index contributed by atoms with van der Waals surface area (Å²) in [5.41, 5.74) is 1.03. The Morgan fingerprint density at radius 1 is 0.950 bits per heavy atom. The van der Waals surface area contributed by atoms with Gasteiger partial charge in [0.15, 0.2) is 0 Å². The largest absolute Gasteiger partial charge is 0.296 e. The SMILES string of the molecule is [CH2]CCCCCCCCOS(=O)(=O)c1ccc(C)cc1. The third kappa shape index (κ3) is 6.53. The van der Waals surface area contributed by atoms with Crippen LogP contribution in [-0.4, -0.2) is 15.0 Å². The highest BCUT2D eigenvalue weighted by molar-refractivity contribution is 7.86. The fourth-order valence-electron chi connectivity index (χ4n) is 1.93. The zero-order chi connectivity index (χ0) is 14.8. The monoisotopic (exact) mass is 297 g/mol. The van der Waals surface area contributed by atoms with Gasteiger partial charge in [-0.2, -0.15) is 8.42 Å². The van der Waals surface area contributed by atoms with Gasteiger partial charge in [0.1, 0.15) is 0 Å². The Bertz CT molecular complexity index is 463. The zero-order valence-electron chi connectivity index (χ0n) is 12.3. The van der Waals surface area contributed by atoms with Crippen LogP contribution in [0.15, 0.2) is 29.2 Å². The Morgan fingerprint density at radius 3 is 2.10 bits per heavy atom. The fourth-order valence-corrected chi connectivity index (χ4v) is 2.87. The molecule has 20 heavy (non-hydrogen) atoms. The topological polar surface area (TPSA) is 43.4 Å². The number of benzene rings is 1. The molecule has 1 radical (unpaired) electrons. The van der Waals surface area contributed by atoms with Crippen molar-refractivity contribution in [1.29, 1.82) is 0 Å². The Balaban J connectivity index is 2.22. The molecule has 113 valence electrons. The molecule has 0 atom stereocenters. The lowest BCUT2D eigenvalue weighted by Crippen LogP contribution is -2.07. The van der Waals surface area contributed by atoms with Crippen molar-refractivity contribution < 1.29 is 12.6 Å². The van der Waals surface area contributed by atoms with Crippen LogP contribution in [0.1, 0.15) is 50.5 Å². The van der Waals surface area contributed by atoms with E-state index >= 15 is 0 Å². The quantitative estimate of drug-likeness (QED) is 0.478. The van der Waals surface area contributed by atoms with Crippen LogP contribution >= 0.6 is 0 Å². The van der Waals surface area contributed by atoms with E-state index < -0.39 is 10.1 Å². The first-order chi connectivity index (χ1) is 9.56. The van der Waals surface area contributed by atoms with Crippen LogP contribution in [0.5, 0.6) is 0 Å². The van der Waals surface area contributed by atoms with Crippen molar-refractivity contribution in [1.82, 2.24) is 0 Å². The van der Waals surface area contributed by atoms with Gasteiger partial charge in [0.2, 0.25) is 0 Å². The summed E-state index contributed by atoms with van der Waals surface area (Å²) in [6, 6.07) is 6.73. The highest BCUT2D eigenvalue weighted by atomic mass is 32.2. The maximum atomic E-state index is 11.9. The maximum absolute atomic E-state index is 11.9. The van der Waals surface area contributed by atoms with Crippen molar-refractivity contribution >= 4 is 10.1 Å². The minimum atomic E-state index is -3.59. The van der Waals surface area contributed by atoms with Crippen LogP contribution in [-0.2, 0) is 14.3 Å². The molecule has 0 aromatic heterocycles. The molecule has 0 aliphatic carbocycles. The molecule has 0 amide bonds. The van der Waals surface area contributed by atoms with E-state index in [1.165, 1.54) is 19.3 Å². The molecule has 0 fully saturated rings. The van der Waals surface area contributed by atoms with Gasteiger partial charge in [-0.15, -0.1) is 0 Å². The normalized spacial score (nSPS) is 11.7. The lowest BCUT2D eigenvalue weighted by Gasteiger charge is -2.06. The summed E-state index contributed by atoms with van der Waals surface area (Å²) in [5.74, 6) is 0. The summed E-state index contributed by atoms with van der Waals surface area (Å²) in [5, 5.41) is 0. The molecule has 4 heteroatoms. The third-order valence-electron chi connectivity index (χ3n) is 3.19. The van der Waals surface area contributed by atoms with Gasteiger partial charge in [-0.1, -0.05) is 63.1 Å². The summed E-state index contributed by atoms with van der Waals surface area (Å²) < 4.78 is 28.8. The van der Waals surface area contributed by atoms with Crippen molar-refractivity contribution in [3.05, 3.63) is 36.8 Å². The summed E-state index contributed by atoms with van der Waals surface area (Å²) >= 11 is 0. The standard InChI is InChI=1S/C16H25O3S/c1-3-4-5-6-7-8-9-14-19-20(17,18)16-12-10-15(2)11-13-16/h10-13H,1,3-9,14H2,2H3. The van der Waals surface area contributed by atoms with Crippen LogP contribution in [0.2, 0.25) is 0 Å². The first kappa shape index (κ1) is 17.2. The lowest BCUT2D eigenvalue weighted by atomic mass is 10.1. The second-order valence-corrected chi connectivity index (χ2v) is 6.68. The molecule has 0 spiro atoms. The average Bonchev–Trinajstić information content (AvgIpc) is 2.42. The molecule has 1 aromatic rings. The van der Waals surface area contributed by atoms with Gasteiger partial charge in [-0.05, 0) is 25.5 Å². The number of aryl methyl sites for hydroxylation is 1. The summed E-state index contributed by atoms with van der Waals surface area (Å²) in [6.45, 7) is 6.00. The van der Waals surface area contributed by atoms with Gasteiger partial charge in [-0.3, -0.25) is 4.18 Å². The summed E-state index contributed by atoms with van der Waals surface area (Å²) in [4.78, 5) is 0.235. The van der Waals surface area contributed by atoms with Crippen molar-refractivity contribution in [3.8, 4) is 0 Å². The molecule has 0 saturated carbocycles. The van der Waals surface area contributed by atoms with Crippen LogP contribution in [0, 0.1) is 13.8 Å². The van der Waals surface area contributed by atoms with Gasteiger partial charge in [0, 0.05) is 0 Å². The Hall–Kier alpha value is -0.870. The van der Waals surface area contributed by atoms with E-state index in [4.69, 9.17) is 4.18 Å². The summed E-state index contributed by atoms with van der Waals surface area (Å²) in [7, 11) is -3.59. The van der Waals surface area contributed by atoms with Gasteiger partial charge in [0.05, 0.1) is 11.5 Å². The van der Waals surface area contributed by atoms with Crippen LogP contribution in [0.25, 0.3) is 0 Å². The molecule has 0 heterocycles. The molecular formula is C16H25O3S. The van der Waals surface area contributed by atoms with E-state index in [1.807, 2.05) is 6.92 Å². The van der Waals surface area contributed by atoms with Gasteiger partial charge >= 0.3 is 0 Å². The second-order valence-electron chi connectivity index (χ2n) is 5.06. The van der Waals surface area contributed by atoms with Gasteiger partial charge < -0.3 is 0 Å². The minimum Gasteiger partial charge on any atom is -0.266 e. The molecule has 0 bridgehead atoms. The molecular weight excluding hydrogens is 272 g/mol. The molecule has 1 rings (SSSR count). The first-order valence-corrected chi connectivity index (χ1v) is 8.72. The molecule has 0 unspecified atom stereocenters. The van der Waals surface area contributed by atoms with Gasteiger partial charge in [-0.25, -0.2) is 0 Å². The molecule has 3 nitrogen and oxygen atoms in total. The van der Waals surface area contributed by atoms with E-state index in [0.29, 0.717) is 0 Å². The highest BCUT2D eigenvalue weighted by Gasteiger charge is 2.14. The van der Waals surface area contributed by atoms with Crippen LogP contribution < -0.4 is 0 Å². The molecule has 0 N–H and O–H groups in total. The smallest absolute Gasteiger partial charge is 0.266 e. The van der Waals surface area contributed by atoms with Crippen molar-refractivity contribution in [2.45, 2.75) is 56.8 Å². The molecule has 0 aliphatic rings. The zero-order valence-corrected chi connectivity index (χ0v) is 13.1. The minimum absolute atomic E-state index is 0.235. The van der Waals surface area contributed by atoms with E-state index in [1.54, 1.807) is 24.3 Å². The summed E-state index contributed by atoms with van der Waals surface area (Å²) in [6.07, 6.45) is 7.52. The third-order valence-corrected chi connectivity index (χ3v) is 4.52. The van der Waals surface area contributed by atoms with Crippen LogP contribution in [0.4, 0.5) is 0 Å². The molecule has 0 saturated heterocycles. The Morgan fingerprint density at radius 2 is 1.50 bits per heavy atom. The molecule has 0 aliphatic heterocycles. The number of hydrogen-bond donors (Lipinski definition) is 0. The number of hydrogen-bond acceptors (Lipinski definition) is 3. The van der Waals surface area contributed by atoms with E-state index in [-0.39, 0.29) is 11.5 Å². The fraction of sp³-hybridized carbons (Fsp3) is 0.562. The van der Waals surface area contributed by atoms with Crippen molar-refractivity contribution in [2.75, 3.05) is 6.61 Å². The Labute approximate surface area is 123 Å². The lowest BCUT2D eigenvalue weighted by molar-refractivity contribution is 0.306. The highest BCUT2D eigenvalue weighted by Crippen LogP contribution is 2.14. The second kappa shape index (κ2) is 9.14.